The van der Waals surface area contributed by atoms with Crippen LogP contribution in [0.4, 0.5) is 5.95 Å². The Kier molecular flexibility index (Phi) is 5.31. The molecule has 1 aliphatic carbocycles. The van der Waals surface area contributed by atoms with Gasteiger partial charge in [-0.3, -0.25) is 14.8 Å². The molecule has 29 heavy (non-hydrogen) atoms. The van der Waals surface area contributed by atoms with E-state index < -0.39 is 0 Å². The van der Waals surface area contributed by atoms with Crippen LogP contribution in [-0.2, 0) is 17.8 Å². The second-order valence-electron chi connectivity index (χ2n) is 7.97. The number of ether oxygens (including phenoxy) is 2. The topological polar surface area (TPSA) is 118 Å². The van der Waals surface area contributed by atoms with Crippen LogP contribution in [0.15, 0.2) is 18.2 Å². The van der Waals surface area contributed by atoms with Crippen LogP contribution in [0.1, 0.15) is 30.7 Å². The first-order valence-corrected chi connectivity index (χ1v) is 9.91. The highest BCUT2D eigenvalue weighted by atomic mass is 16.5. The van der Waals surface area contributed by atoms with Gasteiger partial charge in [0.15, 0.2) is 11.5 Å². The Morgan fingerprint density at radius 1 is 1.31 bits per heavy atom. The number of piperidine rings is 1. The molecule has 4 N–H and O–H groups in total. The van der Waals surface area contributed by atoms with Crippen LogP contribution in [0.25, 0.3) is 0 Å². The SMILES string of the molecule is COc1ccc(CN2CCC3(CC2)CC3NC(=O)Cc2nc(N)n[nH]2)cc1OC. The van der Waals surface area contributed by atoms with Crippen LogP contribution in [0.5, 0.6) is 11.5 Å². The smallest absolute Gasteiger partial charge is 0.239 e. The molecular formula is C20H28N6O3. The summed E-state index contributed by atoms with van der Waals surface area (Å²) in [5.41, 5.74) is 6.94. The lowest BCUT2D eigenvalue weighted by Crippen LogP contribution is -2.38. The maximum Gasteiger partial charge on any atom is 0.239 e. The third kappa shape index (κ3) is 4.29. The number of anilines is 1. The molecule has 9 heteroatoms. The normalized spacial score (nSPS) is 20.4. The quantitative estimate of drug-likeness (QED) is 0.637. The Morgan fingerprint density at radius 2 is 2.07 bits per heavy atom. The van der Waals surface area contributed by atoms with E-state index in [1.165, 1.54) is 5.56 Å². The van der Waals surface area contributed by atoms with Crippen molar-refractivity contribution < 1.29 is 14.3 Å². The van der Waals surface area contributed by atoms with Crippen LogP contribution >= 0.6 is 0 Å². The van der Waals surface area contributed by atoms with Gasteiger partial charge in [-0.2, -0.15) is 4.98 Å². The molecule has 2 aromatic rings. The second kappa shape index (κ2) is 7.90. The summed E-state index contributed by atoms with van der Waals surface area (Å²) in [5.74, 6) is 2.14. The number of hydrogen-bond donors (Lipinski definition) is 3. The average molecular weight is 400 g/mol. The molecule has 1 unspecified atom stereocenters. The number of hydrogen-bond acceptors (Lipinski definition) is 7. The summed E-state index contributed by atoms with van der Waals surface area (Å²) in [4.78, 5) is 18.7. The van der Waals surface area contributed by atoms with Crippen molar-refractivity contribution in [2.24, 2.45) is 5.41 Å². The predicted molar refractivity (Wildman–Crippen MR) is 108 cm³/mol. The van der Waals surface area contributed by atoms with Crippen molar-refractivity contribution in [3.8, 4) is 11.5 Å². The van der Waals surface area contributed by atoms with E-state index in [-0.39, 0.29) is 29.7 Å². The zero-order valence-electron chi connectivity index (χ0n) is 16.9. The molecule has 156 valence electrons. The Morgan fingerprint density at radius 3 is 2.72 bits per heavy atom. The van der Waals surface area contributed by atoms with E-state index in [2.05, 4.69) is 31.5 Å². The molecule has 9 nitrogen and oxygen atoms in total. The molecule has 2 fully saturated rings. The first-order chi connectivity index (χ1) is 14.0. The van der Waals surface area contributed by atoms with Crippen LogP contribution in [0.2, 0.25) is 0 Å². The number of nitrogens with zero attached hydrogens (tertiary/aromatic N) is 3. The fourth-order valence-electron chi connectivity index (χ4n) is 4.28. The summed E-state index contributed by atoms with van der Waals surface area (Å²) in [6.45, 7) is 2.94. The summed E-state index contributed by atoms with van der Waals surface area (Å²) >= 11 is 0. The molecule has 1 atom stereocenters. The van der Waals surface area contributed by atoms with Gasteiger partial charge in [-0.05, 0) is 55.5 Å². The van der Waals surface area contributed by atoms with Crippen molar-refractivity contribution in [3.63, 3.8) is 0 Å². The number of rotatable bonds is 7. The van der Waals surface area contributed by atoms with E-state index in [0.29, 0.717) is 5.82 Å². The number of aromatic amines is 1. The van der Waals surface area contributed by atoms with Gasteiger partial charge in [-0.1, -0.05) is 6.07 Å². The molecule has 1 aromatic carbocycles. The van der Waals surface area contributed by atoms with Gasteiger partial charge >= 0.3 is 0 Å². The highest BCUT2D eigenvalue weighted by Gasteiger charge is 2.55. The zero-order chi connectivity index (χ0) is 20.4. The number of nitrogen functional groups attached to an aromatic ring is 1. The van der Waals surface area contributed by atoms with E-state index in [0.717, 1.165) is 50.4 Å². The van der Waals surface area contributed by atoms with Gasteiger partial charge in [0.2, 0.25) is 11.9 Å². The number of H-pyrrole nitrogens is 1. The fraction of sp³-hybridized carbons (Fsp3) is 0.550. The highest BCUT2D eigenvalue weighted by molar-refractivity contribution is 5.78. The molecule has 2 heterocycles. The number of methoxy groups -OCH3 is 2. The predicted octanol–water partition coefficient (Wildman–Crippen LogP) is 1.12. The summed E-state index contributed by atoms with van der Waals surface area (Å²) in [6.07, 6.45) is 3.44. The van der Waals surface area contributed by atoms with Gasteiger partial charge in [-0.15, -0.1) is 5.10 Å². The second-order valence-corrected chi connectivity index (χ2v) is 7.97. The Bertz CT molecular complexity index is 875. The van der Waals surface area contributed by atoms with Gasteiger partial charge < -0.3 is 20.5 Å². The molecule has 1 aromatic heterocycles. The molecular weight excluding hydrogens is 372 g/mol. The first kappa shape index (κ1) is 19.5. The van der Waals surface area contributed by atoms with Crippen LogP contribution in [0, 0.1) is 5.41 Å². The number of benzene rings is 1. The lowest BCUT2D eigenvalue weighted by molar-refractivity contribution is -0.120. The van der Waals surface area contributed by atoms with Crippen molar-refractivity contribution in [1.82, 2.24) is 25.4 Å². The standard InChI is InChI=1S/C20H28N6O3/c1-28-14-4-3-13(9-15(14)29-2)12-26-7-5-20(6-8-26)11-16(20)22-18(27)10-17-23-19(21)25-24-17/h3-4,9,16H,5-8,10-12H2,1-2H3,(H,22,27)(H3,21,23,24,25). The fourth-order valence-corrected chi connectivity index (χ4v) is 4.28. The zero-order valence-corrected chi connectivity index (χ0v) is 16.9. The molecule has 1 spiro atoms. The van der Waals surface area contributed by atoms with Gasteiger partial charge in [0.05, 0.1) is 20.6 Å². The third-order valence-electron chi connectivity index (χ3n) is 6.11. The number of amides is 1. The molecule has 4 rings (SSSR count). The minimum absolute atomic E-state index is 0.0317. The van der Waals surface area contributed by atoms with E-state index >= 15 is 0 Å². The van der Waals surface area contributed by atoms with Crippen LogP contribution < -0.4 is 20.5 Å². The van der Waals surface area contributed by atoms with E-state index in [9.17, 15) is 4.79 Å². The maximum absolute atomic E-state index is 12.2. The Hall–Kier alpha value is -2.81. The number of aromatic nitrogens is 3. The Labute approximate surface area is 170 Å². The van der Waals surface area contributed by atoms with Gasteiger partial charge in [0.1, 0.15) is 5.82 Å². The van der Waals surface area contributed by atoms with Crippen molar-refractivity contribution in [2.75, 3.05) is 33.0 Å². The van der Waals surface area contributed by atoms with Crippen LogP contribution in [-0.4, -0.2) is 59.3 Å². The largest absolute Gasteiger partial charge is 0.493 e. The lowest BCUT2D eigenvalue weighted by atomic mass is 9.92. The van der Waals surface area contributed by atoms with E-state index in [1.807, 2.05) is 12.1 Å². The monoisotopic (exact) mass is 400 g/mol. The molecule has 1 saturated heterocycles. The van der Waals surface area contributed by atoms with Crippen molar-refractivity contribution in [1.29, 1.82) is 0 Å². The van der Waals surface area contributed by atoms with Crippen molar-refractivity contribution >= 4 is 11.9 Å². The van der Waals surface area contributed by atoms with Crippen LogP contribution in [0.3, 0.4) is 0 Å². The van der Waals surface area contributed by atoms with Gasteiger partial charge in [0.25, 0.3) is 0 Å². The van der Waals surface area contributed by atoms with Gasteiger partial charge in [0, 0.05) is 12.6 Å². The summed E-state index contributed by atoms with van der Waals surface area (Å²) in [5, 5.41) is 9.58. The lowest BCUT2D eigenvalue weighted by Gasteiger charge is -2.33. The van der Waals surface area contributed by atoms with E-state index in [1.54, 1.807) is 14.2 Å². The first-order valence-electron chi connectivity index (χ1n) is 9.91. The molecule has 1 amide bonds. The number of carbonyl (C=O) groups is 1. The minimum atomic E-state index is -0.0317. The minimum Gasteiger partial charge on any atom is -0.493 e. The number of nitrogens with two attached hydrogens (primary N) is 1. The third-order valence-corrected chi connectivity index (χ3v) is 6.11. The number of carbonyl (C=O) groups excluding carboxylic acids is 1. The maximum atomic E-state index is 12.2. The van der Waals surface area contributed by atoms with E-state index in [4.69, 9.17) is 15.2 Å². The summed E-state index contributed by atoms with van der Waals surface area (Å²) < 4.78 is 10.7. The summed E-state index contributed by atoms with van der Waals surface area (Å²) in [6, 6.07) is 6.34. The van der Waals surface area contributed by atoms with Crippen molar-refractivity contribution in [3.05, 3.63) is 29.6 Å². The molecule has 2 aliphatic rings. The molecule has 0 bridgehead atoms. The number of likely N-dealkylation sites (tertiary alicyclic amines) is 1. The number of nitrogens with one attached hydrogen (secondary N) is 2. The van der Waals surface area contributed by atoms with Gasteiger partial charge in [-0.25, -0.2) is 0 Å². The molecule has 0 radical (unpaired) electrons. The van der Waals surface area contributed by atoms with Crippen molar-refractivity contribution in [2.45, 2.75) is 38.3 Å². The Balaban J connectivity index is 1.25. The molecule has 1 saturated carbocycles. The average Bonchev–Trinajstić information content (AvgIpc) is 3.20. The molecule has 1 aliphatic heterocycles. The summed E-state index contributed by atoms with van der Waals surface area (Å²) in [7, 11) is 3.30. The highest BCUT2D eigenvalue weighted by Crippen LogP contribution is 2.54.